The Hall–Kier alpha value is -1.98. The molecule has 1 aromatic heterocycles. The van der Waals surface area contributed by atoms with Crippen LogP contribution in [0.1, 0.15) is 0 Å². The van der Waals surface area contributed by atoms with Crippen molar-refractivity contribution in [1.82, 2.24) is 4.98 Å². The van der Waals surface area contributed by atoms with Crippen molar-refractivity contribution in [3.05, 3.63) is 41.6 Å². The lowest BCUT2D eigenvalue weighted by molar-refractivity contribution is 0.122. The van der Waals surface area contributed by atoms with Crippen LogP contribution in [0.4, 0.5) is 22.9 Å². The maximum atomic E-state index is 5.88. The average molecular weight is 305 g/mol. The van der Waals surface area contributed by atoms with Gasteiger partial charge in [0.2, 0.25) is 0 Å². The van der Waals surface area contributed by atoms with Gasteiger partial charge in [-0.15, -0.1) is 0 Å². The van der Waals surface area contributed by atoms with Gasteiger partial charge in [-0.2, -0.15) is 0 Å². The molecule has 0 aliphatic carbocycles. The molecule has 5 nitrogen and oxygen atoms in total. The molecule has 1 aromatic carbocycles. The Kier molecular flexibility index (Phi) is 4.13. The Bertz CT molecular complexity index is 612. The van der Waals surface area contributed by atoms with Crippen molar-refractivity contribution in [1.29, 1.82) is 0 Å². The third kappa shape index (κ3) is 3.37. The maximum Gasteiger partial charge on any atom is 0.153 e. The molecule has 3 rings (SSSR count). The first-order chi connectivity index (χ1) is 10.2. The van der Waals surface area contributed by atoms with Crippen molar-refractivity contribution < 1.29 is 4.74 Å². The number of aromatic nitrogens is 1. The molecule has 0 unspecified atom stereocenters. The monoisotopic (exact) mass is 304 g/mol. The summed E-state index contributed by atoms with van der Waals surface area (Å²) in [5, 5.41) is 3.72. The third-order valence-electron chi connectivity index (χ3n) is 3.39. The number of ether oxygens (including phenoxy) is 1. The van der Waals surface area contributed by atoms with Crippen LogP contribution < -0.4 is 16.0 Å². The molecule has 0 bridgehead atoms. The molecular formula is C15H17ClN4O. The lowest BCUT2D eigenvalue weighted by atomic mass is 10.2. The number of benzene rings is 1. The average Bonchev–Trinajstić information content (AvgIpc) is 2.52. The fraction of sp³-hybridized carbons (Fsp3) is 0.267. The number of halogens is 1. The standard InChI is InChI=1S/C15H17ClN4O/c16-11-9-14(17)15(18-10-11)19-12-1-3-13(4-2-12)20-5-7-21-8-6-20/h1-4,9-10H,5-8,17H2,(H,18,19). The van der Waals surface area contributed by atoms with Gasteiger partial charge in [0.25, 0.3) is 0 Å². The number of nitrogens with zero attached hydrogens (tertiary/aromatic N) is 2. The normalized spacial score (nSPS) is 15.0. The summed E-state index contributed by atoms with van der Waals surface area (Å²) in [7, 11) is 0. The molecule has 1 saturated heterocycles. The summed E-state index contributed by atoms with van der Waals surface area (Å²) in [6, 6.07) is 9.87. The van der Waals surface area contributed by atoms with Crippen molar-refractivity contribution in [2.45, 2.75) is 0 Å². The van der Waals surface area contributed by atoms with Crippen LogP contribution in [0, 0.1) is 0 Å². The van der Waals surface area contributed by atoms with Crippen LogP contribution in [0.5, 0.6) is 0 Å². The minimum atomic E-state index is 0.528. The van der Waals surface area contributed by atoms with E-state index >= 15 is 0 Å². The summed E-state index contributed by atoms with van der Waals surface area (Å²) in [5.74, 6) is 0.610. The second-order valence-electron chi connectivity index (χ2n) is 4.86. The largest absolute Gasteiger partial charge is 0.396 e. The molecule has 0 amide bonds. The molecule has 1 aliphatic heterocycles. The molecule has 0 saturated carbocycles. The van der Waals surface area contributed by atoms with E-state index in [0.717, 1.165) is 32.0 Å². The number of anilines is 4. The molecule has 0 spiro atoms. The molecule has 6 heteroatoms. The molecule has 2 aromatic rings. The molecular weight excluding hydrogens is 288 g/mol. The number of morpholine rings is 1. The number of hydrogen-bond acceptors (Lipinski definition) is 5. The van der Waals surface area contributed by atoms with Gasteiger partial charge in [-0.25, -0.2) is 4.98 Å². The Balaban J connectivity index is 1.71. The molecule has 2 heterocycles. The van der Waals surface area contributed by atoms with E-state index in [-0.39, 0.29) is 0 Å². The van der Waals surface area contributed by atoms with Gasteiger partial charge >= 0.3 is 0 Å². The second-order valence-corrected chi connectivity index (χ2v) is 5.30. The van der Waals surface area contributed by atoms with Crippen LogP contribution in [0.2, 0.25) is 5.02 Å². The minimum absolute atomic E-state index is 0.528. The van der Waals surface area contributed by atoms with Crippen LogP contribution in [0.25, 0.3) is 0 Å². The number of rotatable bonds is 3. The van der Waals surface area contributed by atoms with Gasteiger partial charge < -0.3 is 20.7 Å². The zero-order chi connectivity index (χ0) is 14.7. The quantitative estimate of drug-likeness (QED) is 0.913. The SMILES string of the molecule is Nc1cc(Cl)cnc1Nc1ccc(N2CCOCC2)cc1. The van der Waals surface area contributed by atoms with Gasteiger partial charge in [0, 0.05) is 30.7 Å². The molecule has 1 aliphatic rings. The van der Waals surface area contributed by atoms with E-state index in [2.05, 4.69) is 27.3 Å². The Labute approximate surface area is 128 Å². The number of pyridine rings is 1. The zero-order valence-corrected chi connectivity index (χ0v) is 12.3. The Morgan fingerprint density at radius 3 is 2.57 bits per heavy atom. The summed E-state index contributed by atoms with van der Waals surface area (Å²) in [5.41, 5.74) is 8.55. The summed E-state index contributed by atoms with van der Waals surface area (Å²) in [6.07, 6.45) is 1.57. The molecule has 1 fully saturated rings. The minimum Gasteiger partial charge on any atom is -0.396 e. The van der Waals surface area contributed by atoms with Gasteiger partial charge in [-0.05, 0) is 30.3 Å². The predicted molar refractivity (Wildman–Crippen MR) is 86.4 cm³/mol. The van der Waals surface area contributed by atoms with Gasteiger partial charge in [0.05, 0.1) is 23.9 Å². The highest BCUT2D eigenvalue weighted by Crippen LogP contribution is 2.25. The Morgan fingerprint density at radius 2 is 1.90 bits per heavy atom. The topological polar surface area (TPSA) is 63.4 Å². The van der Waals surface area contributed by atoms with E-state index in [1.807, 2.05) is 12.1 Å². The third-order valence-corrected chi connectivity index (χ3v) is 3.60. The van der Waals surface area contributed by atoms with E-state index in [9.17, 15) is 0 Å². The summed E-state index contributed by atoms with van der Waals surface area (Å²) in [4.78, 5) is 6.50. The maximum absolute atomic E-state index is 5.88. The fourth-order valence-corrected chi connectivity index (χ4v) is 2.44. The van der Waals surface area contributed by atoms with E-state index in [1.165, 1.54) is 5.69 Å². The lowest BCUT2D eigenvalue weighted by Gasteiger charge is -2.28. The van der Waals surface area contributed by atoms with Crippen LogP contribution in [-0.2, 0) is 4.74 Å². The van der Waals surface area contributed by atoms with Crippen molar-refractivity contribution in [2.24, 2.45) is 0 Å². The number of nitrogens with one attached hydrogen (secondary N) is 1. The lowest BCUT2D eigenvalue weighted by Crippen LogP contribution is -2.36. The molecule has 0 atom stereocenters. The zero-order valence-electron chi connectivity index (χ0n) is 11.6. The first-order valence-electron chi connectivity index (χ1n) is 6.83. The van der Waals surface area contributed by atoms with Crippen molar-refractivity contribution in [2.75, 3.05) is 42.3 Å². The van der Waals surface area contributed by atoms with Crippen LogP contribution in [0.3, 0.4) is 0 Å². The first kappa shape index (κ1) is 14.0. The van der Waals surface area contributed by atoms with Crippen molar-refractivity contribution in [3.63, 3.8) is 0 Å². The number of nitrogens with two attached hydrogens (primary N) is 1. The highest BCUT2D eigenvalue weighted by molar-refractivity contribution is 6.30. The predicted octanol–water partition coefficient (Wildman–Crippen LogP) is 2.90. The van der Waals surface area contributed by atoms with Crippen molar-refractivity contribution >= 4 is 34.5 Å². The fourth-order valence-electron chi connectivity index (χ4n) is 2.27. The van der Waals surface area contributed by atoms with Gasteiger partial charge in [0.15, 0.2) is 5.82 Å². The Morgan fingerprint density at radius 1 is 1.19 bits per heavy atom. The highest BCUT2D eigenvalue weighted by Gasteiger charge is 2.11. The molecule has 3 N–H and O–H groups in total. The molecule has 21 heavy (non-hydrogen) atoms. The summed E-state index contributed by atoms with van der Waals surface area (Å²) < 4.78 is 5.36. The van der Waals surface area contributed by atoms with E-state index in [0.29, 0.717) is 16.5 Å². The van der Waals surface area contributed by atoms with Crippen molar-refractivity contribution in [3.8, 4) is 0 Å². The van der Waals surface area contributed by atoms with Crippen LogP contribution in [-0.4, -0.2) is 31.3 Å². The first-order valence-corrected chi connectivity index (χ1v) is 7.21. The highest BCUT2D eigenvalue weighted by atomic mass is 35.5. The molecule has 0 radical (unpaired) electrons. The van der Waals surface area contributed by atoms with E-state index < -0.39 is 0 Å². The van der Waals surface area contributed by atoms with Gasteiger partial charge in [0.1, 0.15) is 0 Å². The smallest absolute Gasteiger partial charge is 0.153 e. The second kappa shape index (κ2) is 6.20. The van der Waals surface area contributed by atoms with Crippen LogP contribution >= 0.6 is 11.6 Å². The number of nitrogen functional groups attached to an aromatic ring is 1. The van der Waals surface area contributed by atoms with E-state index in [4.69, 9.17) is 22.1 Å². The number of hydrogen-bond donors (Lipinski definition) is 2. The van der Waals surface area contributed by atoms with Gasteiger partial charge in [-0.1, -0.05) is 11.6 Å². The van der Waals surface area contributed by atoms with E-state index in [1.54, 1.807) is 12.3 Å². The van der Waals surface area contributed by atoms with Gasteiger partial charge in [-0.3, -0.25) is 0 Å². The summed E-state index contributed by atoms with van der Waals surface area (Å²) in [6.45, 7) is 3.42. The molecule has 110 valence electrons. The van der Waals surface area contributed by atoms with Crippen LogP contribution in [0.15, 0.2) is 36.5 Å². The summed E-state index contributed by atoms with van der Waals surface area (Å²) >= 11 is 5.84.